The normalized spacial score (nSPS) is 9.92. The molecule has 24 heavy (non-hydrogen) atoms. The first-order chi connectivity index (χ1) is 11.5. The number of hydrogen-bond acceptors (Lipinski definition) is 4. The number of carbonyl (C=O) groups excluding carboxylic acids is 2. The molecular formula is C16H17ClN4O3. The number of ether oxygens (including phenoxy) is 1. The van der Waals surface area contributed by atoms with E-state index in [2.05, 4.69) is 20.9 Å². The minimum atomic E-state index is -0.381. The van der Waals surface area contributed by atoms with Crippen LogP contribution < -0.4 is 20.7 Å². The van der Waals surface area contributed by atoms with Crippen LogP contribution in [0.25, 0.3) is 0 Å². The molecule has 2 aromatic rings. The van der Waals surface area contributed by atoms with E-state index in [-0.39, 0.29) is 11.9 Å². The van der Waals surface area contributed by atoms with Gasteiger partial charge in [0.15, 0.2) is 0 Å². The average molecular weight is 349 g/mol. The van der Waals surface area contributed by atoms with Gasteiger partial charge < -0.3 is 20.7 Å². The second-order valence-electron chi connectivity index (χ2n) is 4.80. The van der Waals surface area contributed by atoms with E-state index in [9.17, 15) is 9.59 Å². The van der Waals surface area contributed by atoms with Crippen LogP contribution in [0.4, 0.5) is 10.5 Å². The molecule has 0 radical (unpaired) electrons. The quantitative estimate of drug-likeness (QED) is 0.700. The van der Waals surface area contributed by atoms with Crippen molar-refractivity contribution in [1.82, 2.24) is 15.6 Å². The Balaban J connectivity index is 1.80. The molecule has 3 N–H and O–H groups in total. The fourth-order valence-electron chi connectivity index (χ4n) is 1.73. The molecule has 0 saturated carbocycles. The molecule has 0 aliphatic carbocycles. The summed E-state index contributed by atoms with van der Waals surface area (Å²) in [4.78, 5) is 26.5. The van der Waals surface area contributed by atoms with Gasteiger partial charge in [-0.2, -0.15) is 0 Å². The molecule has 0 unspecified atom stereocenters. The lowest BCUT2D eigenvalue weighted by Gasteiger charge is -2.09. The summed E-state index contributed by atoms with van der Waals surface area (Å²) in [6.45, 7) is 2.12. The highest BCUT2D eigenvalue weighted by Gasteiger charge is 2.03. The van der Waals surface area contributed by atoms with Crippen molar-refractivity contribution in [2.24, 2.45) is 0 Å². The van der Waals surface area contributed by atoms with Crippen molar-refractivity contribution >= 4 is 29.2 Å². The Kier molecular flexibility index (Phi) is 6.39. The van der Waals surface area contributed by atoms with E-state index in [0.717, 1.165) is 0 Å². The summed E-state index contributed by atoms with van der Waals surface area (Å²) in [5.41, 5.74) is 0.524. The lowest BCUT2D eigenvalue weighted by molar-refractivity contribution is -0.118. The van der Waals surface area contributed by atoms with Gasteiger partial charge in [-0.1, -0.05) is 11.6 Å². The first-order valence-corrected chi connectivity index (χ1v) is 7.59. The number of nitrogens with one attached hydrogen (secondary N) is 3. The maximum atomic E-state index is 11.7. The molecule has 0 bridgehead atoms. The van der Waals surface area contributed by atoms with Crippen molar-refractivity contribution in [2.45, 2.75) is 6.92 Å². The number of pyridine rings is 1. The summed E-state index contributed by atoms with van der Waals surface area (Å²) in [6.07, 6.45) is 1.48. The third kappa shape index (κ3) is 6.13. The van der Waals surface area contributed by atoms with E-state index >= 15 is 0 Å². The van der Waals surface area contributed by atoms with Crippen LogP contribution in [0.5, 0.6) is 11.6 Å². The number of carbonyl (C=O) groups is 2. The van der Waals surface area contributed by atoms with E-state index in [4.69, 9.17) is 16.3 Å². The lowest BCUT2D eigenvalue weighted by Crippen LogP contribution is -2.36. The second-order valence-corrected chi connectivity index (χ2v) is 5.24. The van der Waals surface area contributed by atoms with E-state index < -0.39 is 0 Å². The van der Waals surface area contributed by atoms with Crippen molar-refractivity contribution < 1.29 is 14.3 Å². The van der Waals surface area contributed by atoms with Gasteiger partial charge in [0.1, 0.15) is 5.75 Å². The van der Waals surface area contributed by atoms with Gasteiger partial charge in [-0.25, -0.2) is 9.78 Å². The van der Waals surface area contributed by atoms with Crippen molar-refractivity contribution in [3.63, 3.8) is 0 Å². The minimum absolute atomic E-state index is 0.141. The average Bonchev–Trinajstić information content (AvgIpc) is 2.55. The van der Waals surface area contributed by atoms with Crippen LogP contribution in [0.2, 0.25) is 5.02 Å². The van der Waals surface area contributed by atoms with E-state index in [1.54, 1.807) is 36.4 Å². The van der Waals surface area contributed by atoms with Crippen LogP contribution in [0.1, 0.15) is 6.92 Å². The van der Waals surface area contributed by atoms with Gasteiger partial charge in [0.25, 0.3) is 0 Å². The number of urea groups is 1. The zero-order chi connectivity index (χ0) is 17.4. The van der Waals surface area contributed by atoms with E-state index in [1.807, 2.05) is 0 Å². The van der Waals surface area contributed by atoms with Gasteiger partial charge in [-0.05, 0) is 30.3 Å². The van der Waals surface area contributed by atoms with Gasteiger partial charge >= 0.3 is 6.03 Å². The molecule has 0 spiro atoms. The SMILES string of the molecule is CC(=O)NCCNC(=O)Nc1ccc(Oc2ccc(Cl)cc2)nc1. The summed E-state index contributed by atoms with van der Waals surface area (Å²) in [5, 5.41) is 8.44. The van der Waals surface area contributed by atoms with E-state index in [1.165, 1.54) is 13.1 Å². The van der Waals surface area contributed by atoms with Crippen LogP contribution in [-0.4, -0.2) is 30.0 Å². The number of rotatable bonds is 6. The summed E-state index contributed by atoms with van der Waals surface area (Å²) in [6, 6.07) is 9.84. The Hall–Kier alpha value is -2.80. The predicted octanol–water partition coefficient (Wildman–Crippen LogP) is 2.78. The summed E-state index contributed by atoms with van der Waals surface area (Å²) >= 11 is 5.81. The predicted molar refractivity (Wildman–Crippen MR) is 91.5 cm³/mol. The third-order valence-electron chi connectivity index (χ3n) is 2.81. The molecule has 126 valence electrons. The number of nitrogens with zero attached hydrogens (tertiary/aromatic N) is 1. The number of anilines is 1. The first kappa shape index (κ1) is 17.6. The molecule has 0 aliphatic rings. The summed E-state index contributed by atoms with van der Waals surface area (Å²) in [5.74, 6) is 0.870. The fraction of sp³-hybridized carbons (Fsp3) is 0.188. The molecule has 2 rings (SSSR count). The third-order valence-corrected chi connectivity index (χ3v) is 3.07. The molecule has 7 nitrogen and oxygen atoms in total. The van der Waals surface area contributed by atoms with Gasteiger partial charge in [0.2, 0.25) is 11.8 Å². The van der Waals surface area contributed by atoms with Crippen LogP contribution >= 0.6 is 11.6 Å². The molecule has 1 heterocycles. The molecule has 0 atom stereocenters. The molecule has 3 amide bonds. The molecule has 0 aliphatic heterocycles. The van der Waals surface area contributed by atoms with Crippen LogP contribution in [0, 0.1) is 0 Å². The highest BCUT2D eigenvalue weighted by atomic mass is 35.5. The Morgan fingerprint density at radius 1 is 1.08 bits per heavy atom. The summed E-state index contributed by atoms with van der Waals surface area (Å²) < 4.78 is 5.56. The maximum Gasteiger partial charge on any atom is 0.319 e. The minimum Gasteiger partial charge on any atom is -0.439 e. The topological polar surface area (TPSA) is 92.4 Å². The van der Waals surface area contributed by atoms with Crippen LogP contribution in [0.3, 0.4) is 0 Å². The van der Waals surface area contributed by atoms with Gasteiger partial charge in [-0.15, -0.1) is 0 Å². The highest BCUT2D eigenvalue weighted by molar-refractivity contribution is 6.30. The zero-order valence-corrected chi connectivity index (χ0v) is 13.8. The number of halogens is 1. The van der Waals surface area contributed by atoms with Crippen molar-refractivity contribution in [3.05, 3.63) is 47.6 Å². The number of benzene rings is 1. The van der Waals surface area contributed by atoms with Crippen molar-refractivity contribution in [2.75, 3.05) is 18.4 Å². The Labute approximate surface area is 144 Å². The van der Waals surface area contributed by atoms with Crippen molar-refractivity contribution in [3.8, 4) is 11.6 Å². The molecule has 1 aromatic heterocycles. The maximum absolute atomic E-state index is 11.7. The van der Waals surface area contributed by atoms with Crippen LogP contribution in [-0.2, 0) is 4.79 Å². The second kappa shape index (κ2) is 8.73. The highest BCUT2D eigenvalue weighted by Crippen LogP contribution is 2.22. The molecular weight excluding hydrogens is 332 g/mol. The largest absolute Gasteiger partial charge is 0.439 e. The molecule has 8 heteroatoms. The standard InChI is InChI=1S/C16H17ClN4O3/c1-11(22)18-8-9-19-16(23)21-13-4-7-15(20-10-13)24-14-5-2-12(17)3-6-14/h2-7,10H,8-9H2,1H3,(H,18,22)(H2,19,21,23). The number of aromatic nitrogens is 1. The van der Waals surface area contributed by atoms with Gasteiger partial charge in [0, 0.05) is 31.1 Å². The summed E-state index contributed by atoms with van der Waals surface area (Å²) in [7, 11) is 0. The fourth-order valence-corrected chi connectivity index (χ4v) is 1.85. The van der Waals surface area contributed by atoms with Crippen LogP contribution in [0.15, 0.2) is 42.6 Å². The van der Waals surface area contributed by atoms with E-state index in [0.29, 0.717) is 35.4 Å². The smallest absolute Gasteiger partial charge is 0.319 e. The number of amides is 3. The lowest BCUT2D eigenvalue weighted by atomic mass is 10.3. The van der Waals surface area contributed by atoms with Crippen molar-refractivity contribution in [1.29, 1.82) is 0 Å². The Morgan fingerprint density at radius 3 is 2.42 bits per heavy atom. The Bertz CT molecular complexity index is 689. The molecule has 1 aromatic carbocycles. The molecule has 0 saturated heterocycles. The monoisotopic (exact) mass is 348 g/mol. The molecule has 0 fully saturated rings. The first-order valence-electron chi connectivity index (χ1n) is 7.22. The number of hydrogen-bond donors (Lipinski definition) is 3. The van der Waals surface area contributed by atoms with Gasteiger partial charge in [-0.3, -0.25) is 4.79 Å². The Morgan fingerprint density at radius 2 is 1.79 bits per heavy atom. The zero-order valence-electron chi connectivity index (χ0n) is 13.0. The van der Waals surface area contributed by atoms with Gasteiger partial charge in [0.05, 0.1) is 11.9 Å².